The highest BCUT2D eigenvalue weighted by molar-refractivity contribution is 7.81. The van der Waals surface area contributed by atoms with Gasteiger partial charge in [0, 0.05) is 18.8 Å². The zero-order valence-electron chi connectivity index (χ0n) is 19.5. The number of thiocarbonyl (C=S) groups is 1. The average Bonchev–Trinajstić information content (AvgIpc) is 3.01. The van der Waals surface area contributed by atoms with Crippen molar-refractivity contribution in [3.05, 3.63) is 47.5 Å². The van der Waals surface area contributed by atoms with Crippen LogP contribution in [-0.2, 0) is 15.8 Å². The number of amides is 2. The van der Waals surface area contributed by atoms with Gasteiger partial charge in [-0.3, -0.25) is 14.5 Å². The van der Waals surface area contributed by atoms with E-state index in [1.54, 1.807) is 32.0 Å². The van der Waals surface area contributed by atoms with E-state index >= 15 is 0 Å². The van der Waals surface area contributed by atoms with Crippen LogP contribution < -0.4 is 24.6 Å². The van der Waals surface area contributed by atoms with Crippen molar-refractivity contribution in [2.75, 3.05) is 23.5 Å². The van der Waals surface area contributed by atoms with E-state index in [-0.39, 0.29) is 29.7 Å². The van der Waals surface area contributed by atoms with Gasteiger partial charge in [0.15, 0.2) is 16.6 Å². The Hall–Kier alpha value is -3.85. The van der Waals surface area contributed by atoms with Gasteiger partial charge in [-0.05, 0) is 56.4 Å². The maximum atomic E-state index is 13.5. The van der Waals surface area contributed by atoms with Crippen LogP contribution in [0.1, 0.15) is 31.4 Å². The van der Waals surface area contributed by atoms with Gasteiger partial charge in [-0.1, -0.05) is 0 Å². The van der Waals surface area contributed by atoms with E-state index in [9.17, 15) is 22.8 Å². The average molecular weight is 519 g/mol. The number of carbonyl (C=O) groups is 2. The summed E-state index contributed by atoms with van der Waals surface area (Å²) in [5, 5.41) is 11.6. The highest BCUT2D eigenvalue weighted by Crippen LogP contribution is 2.42. The highest BCUT2D eigenvalue weighted by Gasteiger charge is 2.51. The van der Waals surface area contributed by atoms with Crippen molar-refractivity contribution >= 4 is 40.5 Å². The first-order valence-electron chi connectivity index (χ1n) is 10.8. The number of fused-ring (bicyclic) bond motifs is 1. The van der Waals surface area contributed by atoms with Gasteiger partial charge in [-0.2, -0.15) is 18.4 Å². The molecule has 8 nitrogen and oxygen atoms in total. The van der Waals surface area contributed by atoms with Crippen molar-refractivity contribution in [3.63, 3.8) is 0 Å². The Morgan fingerprint density at radius 3 is 2.56 bits per heavy atom. The van der Waals surface area contributed by atoms with Crippen molar-refractivity contribution in [2.45, 2.75) is 38.1 Å². The number of alkyl halides is 3. The number of ether oxygens (including phenoxy) is 2. The Kier molecular flexibility index (Phi) is 6.30. The molecule has 0 saturated carbocycles. The molecule has 2 heterocycles. The summed E-state index contributed by atoms with van der Waals surface area (Å²) in [7, 11) is 1.53. The lowest BCUT2D eigenvalue weighted by Crippen LogP contribution is -2.44. The predicted octanol–water partition coefficient (Wildman–Crippen LogP) is 3.77. The molecule has 4 rings (SSSR count). The Morgan fingerprint density at radius 1 is 1.22 bits per heavy atom. The quantitative estimate of drug-likeness (QED) is 0.616. The number of anilines is 2. The molecular weight excluding hydrogens is 497 g/mol. The maximum absolute atomic E-state index is 13.5. The first-order chi connectivity index (χ1) is 16.9. The SMILES string of the molecule is CNC(=O)CC1COc2cc(N3C(=S)N(c4ccc(C#N)c(C(F)(F)F)c4)C(=O)C3(C)C)ccc2O1. The summed E-state index contributed by atoms with van der Waals surface area (Å²) < 4.78 is 52.2. The predicted molar refractivity (Wildman–Crippen MR) is 128 cm³/mol. The number of rotatable bonds is 4. The Balaban J connectivity index is 1.67. The fourth-order valence-electron chi connectivity index (χ4n) is 4.11. The van der Waals surface area contributed by atoms with Gasteiger partial charge < -0.3 is 19.7 Å². The van der Waals surface area contributed by atoms with Crippen LogP contribution in [0.25, 0.3) is 0 Å². The molecule has 0 aromatic heterocycles. The fraction of sp³-hybridized carbons (Fsp3) is 0.333. The van der Waals surface area contributed by atoms with Gasteiger partial charge in [-0.15, -0.1) is 0 Å². The molecule has 1 unspecified atom stereocenters. The summed E-state index contributed by atoms with van der Waals surface area (Å²) in [4.78, 5) is 27.5. The second kappa shape index (κ2) is 8.98. The molecule has 2 aromatic carbocycles. The van der Waals surface area contributed by atoms with Crippen molar-refractivity contribution in [3.8, 4) is 17.6 Å². The number of benzene rings is 2. The standard InChI is InChI=1S/C24H21F3N4O4S/c1-23(2)21(33)30(14-5-4-13(11-28)17(8-14)24(25,26)27)22(36)31(23)15-6-7-18-19(9-15)34-12-16(35-18)10-20(32)29-3/h4-9,16H,10,12H2,1-3H3,(H,29,32). The van der Waals surface area contributed by atoms with E-state index in [0.717, 1.165) is 17.0 Å². The normalized spacial score (nSPS) is 18.8. The molecule has 188 valence electrons. The summed E-state index contributed by atoms with van der Waals surface area (Å²) in [5.41, 5.74) is -2.57. The summed E-state index contributed by atoms with van der Waals surface area (Å²) in [6.45, 7) is 3.34. The molecule has 0 bridgehead atoms. The molecule has 1 fully saturated rings. The molecule has 1 saturated heterocycles. The molecule has 2 aliphatic heterocycles. The van der Waals surface area contributed by atoms with Crippen molar-refractivity contribution in [1.29, 1.82) is 5.26 Å². The largest absolute Gasteiger partial charge is 0.486 e. The van der Waals surface area contributed by atoms with Gasteiger partial charge in [0.2, 0.25) is 5.91 Å². The monoisotopic (exact) mass is 518 g/mol. The summed E-state index contributed by atoms with van der Waals surface area (Å²) in [5.74, 6) is 0.0589. The minimum atomic E-state index is -4.79. The number of hydrogen-bond donors (Lipinski definition) is 1. The van der Waals surface area contributed by atoms with Gasteiger partial charge >= 0.3 is 6.18 Å². The molecule has 1 N–H and O–H groups in total. The van der Waals surface area contributed by atoms with Crippen molar-refractivity contribution < 1.29 is 32.2 Å². The van der Waals surface area contributed by atoms with Crippen LogP contribution in [0.2, 0.25) is 0 Å². The van der Waals surface area contributed by atoms with Crippen molar-refractivity contribution in [1.82, 2.24) is 5.32 Å². The van der Waals surface area contributed by atoms with Crippen LogP contribution in [0.5, 0.6) is 11.5 Å². The fourth-order valence-corrected chi connectivity index (χ4v) is 4.63. The smallest absolute Gasteiger partial charge is 0.417 e. The molecule has 0 aliphatic carbocycles. The summed E-state index contributed by atoms with van der Waals surface area (Å²) in [6.07, 6.45) is -5.13. The number of hydrogen-bond acceptors (Lipinski definition) is 6. The van der Waals surface area contributed by atoms with Crippen LogP contribution in [0.15, 0.2) is 36.4 Å². The molecule has 2 aliphatic rings. The number of carbonyl (C=O) groups excluding carboxylic acids is 2. The minimum Gasteiger partial charge on any atom is -0.486 e. The zero-order valence-corrected chi connectivity index (χ0v) is 20.3. The number of nitrogens with one attached hydrogen (secondary N) is 1. The number of nitriles is 1. The highest BCUT2D eigenvalue weighted by atomic mass is 32.1. The first-order valence-corrected chi connectivity index (χ1v) is 11.2. The molecular formula is C24H21F3N4O4S. The lowest BCUT2D eigenvalue weighted by molar-refractivity contribution is -0.137. The zero-order chi connectivity index (χ0) is 26.4. The number of halogens is 3. The molecule has 1 atom stereocenters. The van der Waals surface area contributed by atoms with Crippen LogP contribution in [0, 0.1) is 11.3 Å². The topological polar surface area (TPSA) is 94.9 Å². The third kappa shape index (κ3) is 4.30. The van der Waals surface area contributed by atoms with Crippen LogP contribution in [-0.4, -0.2) is 42.2 Å². The molecule has 2 aromatic rings. The Labute approximate surface area is 210 Å². The third-order valence-electron chi connectivity index (χ3n) is 5.95. The van der Waals surface area contributed by atoms with Crippen LogP contribution in [0.4, 0.5) is 24.5 Å². The first kappa shape index (κ1) is 25.2. The van der Waals surface area contributed by atoms with Gasteiger partial charge in [0.05, 0.1) is 29.3 Å². The van der Waals surface area contributed by atoms with Gasteiger partial charge in [0.25, 0.3) is 5.91 Å². The molecule has 36 heavy (non-hydrogen) atoms. The lowest BCUT2D eigenvalue weighted by atomic mass is 10.0. The van der Waals surface area contributed by atoms with Gasteiger partial charge in [-0.25, -0.2) is 0 Å². The van der Waals surface area contributed by atoms with E-state index in [2.05, 4.69) is 5.32 Å². The van der Waals surface area contributed by atoms with E-state index in [1.165, 1.54) is 24.1 Å². The van der Waals surface area contributed by atoms with E-state index in [1.807, 2.05) is 0 Å². The second-order valence-electron chi connectivity index (χ2n) is 8.72. The summed E-state index contributed by atoms with van der Waals surface area (Å²) >= 11 is 5.55. The van der Waals surface area contributed by atoms with Gasteiger partial charge in [0.1, 0.15) is 18.2 Å². The molecule has 12 heteroatoms. The minimum absolute atomic E-state index is 0.0306. The molecule has 0 radical (unpaired) electrons. The second-order valence-corrected chi connectivity index (χ2v) is 9.08. The van der Waals surface area contributed by atoms with E-state index < -0.39 is 34.9 Å². The Morgan fingerprint density at radius 2 is 1.92 bits per heavy atom. The molecule has 2 amide bonds. The number of nitrogens with zero attached hydrogens (tertiary/aromatic N) is 3. The molecule has 0 spiro atoms. The van der Waals surface area contributed by atoms with E-state index in [4.69, 9.17) is 27.0 Å². The Bertz CT molecular complexity index is 1310. The van der Waals surface area contributed by atoms with Crippen LogP contribution >= 0.6 is 12.2 Å². The van der Waals surface area contributed by atoms with E-state index in [0.29, 0.717) is 17.2 Å². The lowest BCUT2D eigenvalue weighted by Gasteiger charge is -2.31. The van der Waals surface area contributed by atoms with Crippen LogP contribution in [0.3, 0.4) is 0 Å². The summed E-state index contributed by atoms with van der Waals surface area (Å²) in [6, 6.07) is 9.44. The maximum Gasteiger partial charge on any atom is 0.417 e. The van der Waals surface area contributed by atoms with Crippen molar-refractivity contribution in [2.24, 2.45) is 0 Å². The third-order valence-corrected chi connectivity index (χ3v) is 6.32.